The summed E-state index contributed by atoms with van der Waals surface area (Å²) >= 11 is 0. The number of amides is 1. The Balaban J connectivity index is 1.39. The third-order valence-electron chi connectivity index (χ3n) is 5.32. The molecule has 3 aromatic rings. The largest absolute Gasteiger partial charge is 0.457 e. The number of nitrogens with zero attached hydrogens (tertiary/aromatic N) is 4. The van der Waals surface area contributed by atoms with Crippen molar-refractivity contribution < 1.29 is 14.3 Å². The van der Waals surface area contributed by atoms with Crippen molar-refractivity contribution >= 4 is 22.9 Å². The summed E-state index contributed by atoms with van der Waals surface area (Å²) in [5, 5.41) is 6.00. The lowest BCUT2D eigenvalue weighted by Gasteiger charge is -2.26. The van der Waals surface area contributed by atoms with E-state index >= 15 is 0 Å². The predicted octanol–water partition coefficient (Wildman–Crippen LogP) is 2.25. The normalized spacial score (nSPS) is 14.5. The van der Waals surface area contributed by atoms with E-state index in [1.54, 1.807) is 25.4 Å². The average molecular weight is 425 g/mol. The fourth-order valence-electron chi connectivity index (χ4n) is 3.59. The van der Waals surface area contributed by atoms with Crippen molar-refractivity contribution in [3.8, 4) is 11.5 Å². The van der Waals surface area contributed by atoms with Crippen LogP contribution in [-0.4, -0.2) is 71.8 Å². The second kappa shape index (κ2) is 9.76. The Morgan fingerprint density at radius 1 is 1.19 bits per heavy atom. The minimum atomic E-state index is -0.255. The number of anilines is 1. The molecule has 164 valence electrons. The van der Waals surface area contributed by atoms with Crippen LogP contribution in [0.3, 0.4) is 0 Å². The van der Waals surface area contributed by atoms with E-state index in [0.29, 0.717) is 17.2 Å². The number of aryl methyl sites for hydroxylation is 1. The van der Waals surface area contributed by atoms with E-state index in [1.165, 1.54) is 0 Å². The van der Waals surface area contributed by atoms with Gasteiger partial charge >= 0.3 is 0 Å². The van der Waals surface area contributed by atoms with E-state index in [1.807, 2.05) is 29.8 Å². The van der Waals surface area contributed by atoms with Crippen molar-refractivity contribution in [1.82, 2.24) is 24.8 Å². The number of carbonyl (C=O) groups excluding carboxylic acids is 1. The number of nitrogens with one attached hydrogen (secondary N) is 2. The molecule has 1 aromatic carbocycles. The van der Waals surface area contributed by atoms with Crippen LogP contribution in [0.15, 0.2) is 36.5 Å². The second-order valence-corrected chi connectivity index (χ2v) is 7.44. The summed E-state index contributed by atoms with van der Waals surface area (Å²) in [7, 11) is 3.57. The predicted molar refractivity (Wildman–Crippen MR) is 119 cm³/mol. The van der Waals surface area contributed by atoms with E-state index in [0.717, 1.165) is 62.8 Å². The van der Waals surface area contributed by atoms with Gasteiger partial charge in [0.1, 0.15) is 17.2 Å². The molecule has 0 saturated carbocycles. The molecule has 0 bridgehead atoms. The number of imidazole rings is 1. The van der Waals surface area contributed by atoms with Crippen LogP contribution in [0.1, 0.15) is 16.9 Å². The molecule has 2 N–H and O–H groups in total. The van der Waals surface area contributed by atoms with E-state index in [2.05, 4.69) is 20.5 Å². The highest BCUT2D eigenvalue weighted by Gasteiger charge is 2.12. The van der Waals surface area contributed by atoms with Gasteiger partial charge in [-0.15, -0.1) is 0 Å². The standard InChI is InChI=1S/C22H28N6O3/c1-23-21(29)19-15-17(6-8-24-19)31-16-4-5-20-18(14-16)26-22(27(20)2)25-7-3-9-28-10-12-30-13-11-28/h4-6,8,14-15H,3,7,9-13H2,1-2H3,(H,23,29)(H,25,26). The van der Waals surface area contributed by atoms with Crippen LogP contribution in [0.2, 0.25) is 0 Å². The summed E-state index contributed by atoms with van der Waals surface area (Å²) in [5.41, 5.74) is 2.17. The van der Waals surface area contributed by atoms with Crippen molar-refractivity contribution in [2.45, 2.75) is 6.42 Å². The first-order chi connectivity index (χ1) is 15.1. The molecule has 0 unspecified atom stereocenters. The van der Waals surface area contributed by atoms with Gasteiger partial charge in [-0.2, -0.15) is 0 Å². The molecular formula is C22H28N6O3. The van der Waals surface area contributed by atoms with Gasteiger partial charge in [-0.1, -0.05) is 0 Å². The molecule has 3 heterocycles. The Hall–Kier alpha value is -3.17. The molecule has 1 fully saturated rings. The number of fused-ring (bicyclic) bond motifs is 1. The quantitative estimate of drug-likeness (QED) is 0.536. The molecule has 2 aromatic heterocycles. The highest BCUT2D eigenvalue weighted by atomic mass is 16.5. The second-order valence-electron chi connectivity index (χ2n) is 7.44. The van der Waals surface area contributed by atoms with E-state index in [-0.39, 0.29) is 5.91 Å². The number of carbonyl (C=O) groups is 1. The Kier molecular flexibility index (Phi) is 6.63. The zero-order valence-corrected chi connectivity index (χ0v) is 17.9. The van der Waals surface area contributed by atoms with Gasteiger partial charge in [0.25, 0.3) is 5.91 Å². The molecule has 9 nitrogen and oxygen atoms in total. The third kappa shape index (κ3) is 5.12. The molecule has 4 rings (SSSR count). The fourth-order valence-corrected chi connectivity index (χ4v) is 3.59. The zero-order chi connectivity index (χ0) is 21.6. The average Bonchev–Trinajstić information content (AvgIpc) is 3.11. The summed E-state index contributed by atoms with van der Waals surface area (Å²) in [6.45, 7) is 5.60. The van der Waals surface area contributed by atoms with Gasteiger partial charge in [-0.05, 0) is 31.2 Å². The molecule has 31 heavy (non-hydrogen) atoms. The molecule has 1 amide bonds. The number of ether oxygens (including phenoxy) is 2. The van der Waals surface area contributed by atoms with Gasteiger partial charge in [-0.25, -0.2) is 4.98 Å². The molecule has 9 heteroatoms. The maximum Gasteiger partial charge on any atom is 0.269 e. The summed E-state index contributed by atoms with van der Waals surface area (Å²) in [5.74, 6) is 1.78. The number of benzene rings is 1. The molecule has 0 spiro atoms. The lowest BCUT2D eigenvalue weighted by Crippen LogP contribution is -2.37. The first-order valence-electron chi connectivity index (χ1n) is 10.5. The third-order valence-corrected chi connectivity index (χ3v) is 5.32. The molecule has 0 radical (unpaired) electrons. The van der Waals surface area contributed by atoms with Gasteiger partial charge in [0.05, 0.1) is 24.2 Å². The highest BCUT2D eigenvalue weighted by molar-refractivity contribution is 5.92. The topological polar surface area (TPSA) is 93.5 Å². The summed E-state index contributed by atoms with van der Waals surface area (Å²) in [4.78, 5) is 23.0. The van der Waals surface area contributed by atoms with Crippen LogP contribution in [0.25, 0.3) is 11.0 Å². The van der Waals surface area contributed by atoms with E-state index in [4.69, 9.17) is 14.5 Å². The van der Waals surface area contributed by atoms with E-state index < -0.39 is 0 Å². The van der Waals surface area contributed by atoms with Crippen molar-refractivity contribution in [2.24, 2.45) is 7.05 Å². The molecule has 0 atom stereocenters. The first-order valence-corrected chi connectivity index (χ1v) is 10.5. The maximum absolute atomic E-state index is 11.8. The number of hydrogen-bond donors (Lipinski definition) is 2. The smallest absolute Gasteiger partial charge is 0.269 e. The fraction of sp³-hybridized carbons (Fsp3) is 0.409. The van der Waals surface area contributed by atoms with Gasteiger partial charge in [0.15, 0.2) is 0 Å². The number of hydrogen-bond acceptors (Lipinski definition) is 7. The van der Waals surface area contributed by atoms with Crippen molar-refractivity contribution in [3.63, 3.8) is 0 Å². The Bertz CT molecular complexity index is 1040. The van der Waals surface area contributed by atoms with Gasteiger partial charge < -0.3 is 24.7 Å². The minimum Gasteiger partial charge on any atom is -0.457 e. The number of pyridine rings is 1. The first kappa shape index (κ1) is 21.1. The molecular weight excluding hydrogens is 396 g/mol. The summed E-state index contributed by atoms with van der Waals surface area (Å²) in [6.07, 6.45) is 2.60. The molecule has 1 aliphatic heterocycles. The van der Waals surface area contributed by atoms with Crippen LogP contribution in [0, 0.1) is 0 Å². The Morgan fingerprint density at radius 3 is 2.81 bits per heavy atom. The van der Waals surface area contributed by atoms with Crippen molar-refractivity contribution in [1.29, 1.82) is 0 Å². The van der Waals surface area contributed by atoms with Crippen LogP contribution in [0.5, 0.6) is 11.5 Å². The Labute approximate surface area is 181 Å². The summed E-state index contributed by atoms with van der Waals surface area (Å²) < 4.78 is 13.4. The Morgan fingerprint density at radius 2 is 2.00 bits per heavy atom. The van der Waals surface area contributed by atoms with E-state index in [9.17, 15) is 4.79 Å². The lowest BCUT2D eigenvalue weighted by molar-refractivity contribution is 0.0378. The van der Waals surface area contributed by atoms with Crippen LogP contribution in [-0.2, 0) is 11.8 Å². The van der Waals surface area contributed by atoms with Crippen LogP contribution >= 0.6 is 0 Å². The van der Waals surface area contributed by atoms with Crippen LogP contribution < -0.4 is 15.4 Å². The maximum atomic E-state index is 11.8. The monoisotopic (exact) mass is 424 g/mol. The minimum absolute atomic E-state index is 0.255. The van der Waals surface area contributed by atoms with Gasteiger partial charge in [-0.3, -0.25) is 14.7 Å². The molecule has 0 aliphatic carbocycles. The van der Waals surface area contributed by atoms with Gasteiger partial charge in [0.2, 0.25) is 5.95 Å². The number of rotatable bonds is 8. The van der Waals surface area contributed by atoms with Crippen molar-refractivity contribution in [3.05, 3.63) is 42.2 Å². The summed E-state index contributed by atoms with van der Waals surface area (Å²) in [6, 6.07) is 9.11. The number of morpholine rings is 1. The van der Waals surface area contributed by atoms with Crippen molar-refractivity contribution in [2.75, 3.05) is 51.8 Å². The van der Waals surface area contributed by atoms with Crippen LogP contribution in [0.4, 0.5) is 5.95 Å². The number of aromatic nitrogens is 3. The molecule has 1 saturated heterocycles. The SMILES string of the molecule is CNC(=O)c1cc(Oc2ccc3c(c2)nc(NCCCN2CCOCC2)n3C)ccn1. The lowest BCUT2D eigenvalue weighted by atomic mass is 10.3. The molecule has 1 aliphatic rings. The zero-order valence-electron chi connectivity index (χ0n) is 17.9. The highest BCUT2D eigenvalue weighted by Crippen LogP contribution is 2.27. The van der Waals surface area contributed by atoms with Gasteiger partial charge in [0, 0.05) is 52.1 Å².